The molecule has 2 atom stereocenters. The van der Waals surface area contributed by atoms with Gasteiger partial charge in [-0.3, -0.25) is 9.69 Å². The van der Waals surface area contributed by atoms with Gasteiger partial charge in [0.2, 0.25) is 5.95 Å². The number of anilines is 1. The van der Waals surface area contributed by atoms with E-state index in [1.807, 2.05) is 0 Å². The summed E-state index contributed by atoms with van der Waals surface area (Å²) in [7, 11) is 0. The van der Waals surface area contributed by atoms with Gasteiger partial charge in [-0.05, 0) is 25.7 Å². The van der Waals surface area contributed by atoms with Gasteiger partial charge in [0.05, 0.1) is 38.5 Å². The molecule has 1 amide bonds. The third-order valence-electron chi connectivity index (χ3n) is 5.30. The summed E-state index contributed by atoms with van der Waals surface area (Å²) >= 11 is 0. The van der Waals surface area contributed by atoms with Gasteiger partial charge in [0.1, 0.15) is 5.69 Å². The molecule has 136 valence electrons. The molecule has 2 aliphatic heterocycles. The molecule has 0 spiro atoms. The molecule has 2 saturated heterocycles. The van der Waals surface area contributed by atoms with Gasteiger partial charge in [-0.25, -0.2) is 9.97 Å². The highest BCUT2D eigenvalue weighted by Gasteiger charge is 2.35. The number of aromatic nitrogens is 2. The maximum absolute atomic E-state index is 12.9. The van der Waals surface area contributed by atoms with Crippen molar-refractivity contribution in [1.29, 1.82) is 0 Å². The third-order valence-corrected chi connectivity index (χ3v) is 5.30. The van der Waals surface area contributed by atoms with Crippen molar-refractivity contribution in [1.82, 2.24) is 20.2 Å². The van der Waals surface area contributed by atoms with E-state index in [2.05, 4.69) is 20.2 Å². The van der Waals surface area contributed by atoms with Crippen LogP contribution in [0.15, 0.2) is 0 Å². The molecule has 8 nitrogen and oxygen atoms in total. The number of carbonyl (C=O) groups is 1. The molecule has 3 heterocycles. The topological polar surface area (TPSA) is 103 Å². The first-order valence-corrected chi connectivity index (χ1v) is 9.08. The Labute approximate surface area is 147 Å². The van der Waals surface area contributed by atoms with Gasteiger partial charge in [-0.1, -0.05) is 0 Å². The first-order chi connectivity index (χ1) is 12.2. The lowest BCUT2D eigenvalue weighted by Crippen LogP contribution is -2.54. The number of nitrogens with zero attached hydrogens (tertiary/aromatic N) is 3. The van der Waals surface area contributed by atoms with E-state index < -0.39 is 0 Å². The predicted octanol–water partition coefficient (Wildman–Crippen LogP) is -0.233. The lowest BCUT2D eigenvalue weighted by Gasteiger charge is -2.34. The smallest absolute Gasteiger partial charge is 0.270 e. The molecule has 0 unspecified atom stereocenters. The van der Waals surface area contributed by atoms with Crippen molar-refractivity contribution in [2.45, 2.75) is 37.8 Å². The zero-order valence-corrected chi connectivity index (χ0v) is 14.4. The summed E-state index contributed by atoms with van der Waals surface area (Å²) in [5.41, 5.74) is 8.15. The van der Waals surface area contributed by atoms with Crippen LogP contribution in [0, 0.1) is 0 Å². The Morgan fingerprint density at radius 1 is 1.12 bits per heavy atom. The Morgan fingerprint density at radius 2 is 1.92 bits per heavy atom. The number of nitrogens with two attached hydrogens (primary N) is 1. The molecule has 1 aliphatic carbocycles. The number of rotatable bonds is 3. The summed E-state index contributed by atoms with van der Waals surface area (Å²) in [6.07, 6.45) is 3.85. The molecule has 0 saturated carbocycles. The van der Waals surface area contributed by atoms with E-state index in [4.69, 9.17) is 15.2 Å². The summed E-state index contributed by atoms with van der Waals surface area (Å²) < 4.78 is 11.1. The van der Waals surface area contributed by atoms with Crippen molar-refractivity contribution in [2.24, 2.45) is 0 Å². The lowest BCUT2D eigenvalue weighted by atomic mass is 9.94. The Bertz CT molecular complexity index is 647. The normalized spacial score (nSPS) is 27.0. The largest absolute Gasteiger partial charge is 0.379 e. The number of carbonyl (C=O) groups excluding carboxylic acids is 1. The second-order valence-electron chi connectivity index (χ2n) is 6.90. The van der Waals surface area contributed by atoms with Gasteiger partial charge in [0.25, 0.3) is 5.91 Å². The average molecular weight is 347 g/mol. The van der Waals surface area contributed by atoms with Crippen molar-refractivity contribution in [3.63, 3.8) is 0 Å². The van der Waals surface area contributed by atoms with Crippen LogP contribution in [0.2, 0.25) is 0 Å². The number of fused-ring (bicyclic) bond motifs is 1. The van der Waals surface area contributed by atoms with E-state index in [9.17, 15) is 4.79 Å². The van der Waals surface area contributed by atoms with Crippen LogP contribution in [0.3, 0.4) is 0 Å². The van der Waals surface area contributed by atoms with Crippen LogP contribution in [-0.4, -0.2) is 72.4 Å². The van der Waals surface area contributed by atoms with Crippen LogP contribution >= 0.6 is 0 Å². The van der Waals surface area contributed by atoms with Gasteiger partial charge in [0, 0.05) is 24.3 Å². The molecule has 0 bridgehead atoms. The monoisotopic (exact) mass is 347 g/mol. The molecule has 0 radical (unpaired) electrons. The fourth-order valence-corrected chi connectivity index (χ4v) is 3.99. The highest BCUT2D eigenvalue weighted by Crippen LogP contribution is 2.23. The van der Waals surface area contributed by atoms with Crippen molar-refractivity contribution in [3.05, 3.63) is 17.0 Å². The third kappa shape index (κ3) is 3.47. The fraction of sp³-hybridized carbons (Fsp3) is 0.706. The number of ether oxygens (including phenoxy) is 2. The highest BCUT2D eigenvalue weighted by molar-refractivity contribution is 5.94. The lowest BCUT2D eigenvalue weighted by molar-refractivity contribution is 0.0108. The quantitative estimate of drug-likeness (QED) is 0.778. The maximum atomic E-state index is 12.9. The van der Waals surface area contributed by atoms with Crippen LogP contribution in [-0.2, 0) is 22.3 Å². The molecule has 25 heavy (non-hydrogen) atoms. The molecule has 1 aromatic rings. The SMILES string of the molecule is Nc1nc2c(c(C(=O)N[C@@H]3COC[C@H]3N3CCOCC3)n1)CCCC2. The minimum Gasteiger partial charge on any atom is -0.379 e. The fourth-order valence-electron chi connectivity index (χ4n) is 3.99. The number of nitrogen functional groups attached to an aromatic ring is 1. The minimum absolute atomic E-state index is 0.0407. The summed E-state index contributed by atoms with van der Waals surface area (Å²) in [5, 5.41) is 3.13. The number of amides is 1. The standard InChI is InChI=1S/C17H25N5O3/c18-17-20-12-4-2-1-3-11(12)15(21-17)16(23)19-13-9-25-10-14(13)22-5-7-24-8-6-22/h13-14H,1-10H2,(H,19,23)(H2,18,20,21)/t13-,14-/m1/s1. The number of aryl methyl sites for hydroxylation is 1. The van der Waals surface area contributed by atoms with Crippen LogP contribution in [0.25, 0.3) is 0 Å². The molecule has 1 aromatic heterocycles. The van der Waals surface area contributed by atoms with Crippen LogP contribution in [0.5, 0.6) is 0 Å². The van der Waals surface area contributed by atoms with Gasteiger partial charge >= 0.3 is 0 Å². The molecular weight excluding hydrogens is 322 g/mol. The summed E-state index contributed by atoms with van der Waals surface area (Å²) in [6, 6.07) is 0.142. The molecule has 3 N–H and O–H groups in total. The van der Waals surface area contributed by atoms with E-state index in [1.54, 1.807) is 0 Å². The zero-order valence-electron chi connectivity index (χ0n) is 14.4. The Kier molecular flexibility index (Phi) is 4.82. The summed E-state index contributed by atoms with van der Waals surface area (Å²) in [4.78, 5) is 23.8. The maximum Gasteiger partial charge on any atom is 0.270 e. The van der Waals surface area contributed by atoms with Crippen molar-refractivity contribution in [2.75, 3.05) is 45.3 Å². The second kappa shape index (κ2) is 7.23. The number of hydrogen-bond acceptors (Lipinski definition) is 7. The van der Waals surface area contributed by atoms with Crippen LogP contribution < -0.4 is 11.1 Å². The molecule has 2 fully saturated rings. The van der Waals surface area contributed by atoms with Gasteiger partial charge in [-0.2, -0.15) is 0 Å². The predicted molar refractivity (Wildman–Crippen MR) is 91.3 cm³/mol. The second-order valence-corrected chi connectivity index (χ2v) is 6.90. The Morgan fingerprint density at radius 3 is 2.76 bits per heavy atom. The van der Waals surface area contributed by atoms with Crippen molar-refractivity contribution >= 4 is 11.9 Å². The molecule has 0 aromatic carbocycles. The summed E-state index contributed by atoms with van der Waals surface area (Å²) in [6.45, 7) is 4.36. The van der Waals surface area contributed by atoms with Gasteiger partial charge in [0.15, 0.2) is 0 Å². The van der Waals surface area contributed by atoms with E-state index in [0.717, 1.165) is 63.2 Å². The van der Waals surface area contributed by atoms with E-state index in [1.165, 1.54) is 0 Å². The van der Waals surface area contributed by atoms with E-state index in [0.29, 0.717) is 18.9 Å². The molecular formula is C17H25N5O3. The van der Waals surface area contributed by atoms with Crippen molar-refractivity contribution in [3.8, 4) is 0 Å². The van der Waals surface area contributed by atoms with Gasteiger partial charge < -0.3 is 20.5 Å². The number of morpholine rings is 1. The highest BCUT2D eigenvalue weighted by atomic mass is 16.5. The zero-order chi connectivity index (χ0) is 17.2. The van der Waals surface area contributed by atoms with E-state index in [-0.39, 0.29) is 23.9 Å². The Balaban J connectivity index is 1.51. The van der Waals surface area contributed by atoms with E-state index >= 15 is 0 Å². The Hall–Kier alpha value is -1.77. The first-order valence-electron chi connectivity index (χ1n) is 9.08. The average Bonchev–Trinajstić information content (AvgIpc) is 3.09. The van der Waals surface area contributed by atoms with Crippen molar-refractivity contribution < 1.29 is 14.3 Å². The summed E-state index contributed by atoms with van der Waals surface area (Å²) in [5.74, 6) is 0.0132. The minimum atomic E-state index is -0.166. The first kappa shape index (κ1) is 16.7. The van der Waals surface area contributed by atoms with Gasteiger partial charge in [-0.15, -0.1) is 0 Å². The number of hydrogen-bond donors (Lipinski definition) is 2. The van der Waals surface area contributed by atoms with Crippen LogP contribution in [0.1, 0.15) is 34.6 Å². The number of nitrogens with one attached hydrogen (secondary N) is 1. The molecule has 8 heteroatoms. The molecule has 3 aliphatic rings. The van der Waals surface area contributed by atoms with Crippen LogP contribution in [0.4, 0.5) is 5.95 Å². The molecule has 4 rings (SSSR count).